The summed E-state index contributed by atoms with van der Waals surface area (Å²) in [6.07, 6.45) is 40.1. The van der Waals surface area contributed by atoms with Gasteiger partial charge in [-0.1, -0.05) is 167 Å². The van der Waals surface area contributed by atoms with E-state index in [2.05, 4.69) is 65.7 Å². The number of rotatable bonds is 28. The number of imidazole rings is 1. The number of nitrogens with zero attached hydrogens (tertiary/aromatic N) is 2. The van der Waals surface area contributed by atoms with E-state index in [-0.39, 0.29) is 0 Å². The summed E-state index contributed by atoms with van der Waals surface area (Å²) >= 11 is 0. The molecule has 0 bridgehead atoms. The minimum Gasteiger partial charge on any atom is -0.230 e. The summed E-state index contributed by atoms with van der Waals surface area (Å²) in [6.45, 7) is 6.90. The van der Waals surface area contributed by atoms with E-state index < -0.39 is 0 Å². The molecule has 1 aromatic carbocycles. The van der Waals surface area contributed by atoms with Crippen LogP contribution in [0, 0.1) is 0 Å². The fourth-order valence-electron chi connectivity index (χ4n) is 6.17. The summed E-state index contributed by atoms with van der Waals surface area (Å²) < 4.78 is 5.04. The lowest BCUT2D eigenvalue weighted by Crippen LogP contribution is -2.34. The van der Waals surface area contributed by atoms with Gasteiger partial charge in [-0.05, 0) is 37.8 Å². The molecule has 0 atom stereocenters. The van der Waals surface area contributed by atoms with Crippen molar-refractivity contribution in [3.63, 3.8) is 0 Å². The van der Waals surface area contributed by atoms with E-state index >= 15 is 0 Å². The van der Waals surface area contributed by atoms with Crippen LogP contribution in [0.3, 0.4) is 0 Å². The van der Waals surface area contributed by atoms with E-state index in [1.807, 2.05) is 0 Å². The molecule has 2 heteroatoms. The van der Waals surface area contributed by atoms with Crippen LogP contribution >= 0.6 is 0 Å². The van der Waals surface area contributed by atoms with Crippen molar-refractivity contribution < 1.29 is 4.57 Å². The molecule has 1 heterocycles. The Morgan fingerprint density at radius 2 is 0.875 bits per heavy atom. The molecular weight excluding hydrogens is 484 g/mol. The lowest BCUT2D eigenvalue weighted by atomic mass is 10.0. The highest BCUT2D eigenvalue weighted by molar-refractivity contribution is 5.52. The number of aromatic nitrogens is 2. The molecule has 2 nitrogen and oxygen atoms in total. The fourth-order valence-corrected chi connectivity index (χ4v) is 6.17. The van der Waals surface area contributed by atoms with Crippen LogP contribution < -0.4 is 4.57 Å². The second-order valence-corrected chi connectivity index (χ2v) is 12.5. The molecule has 2 aromatic rings. The largest absolute Gasteiger partial charge is 0.288 e. The first-order valence-corrected chi connectivity index (χ1v) is 18.0. The SMILES string of the molecule is CCCCCCCCCCCCCCCCC[n+]1ccn(CCCCCCCCCCCC)c1-c1ccccc1. The summed E-state index contributed by atoms with van der Waals surface area (Å²) in [5.41, 5.74) is 1.36. The summed E-state index contributed by atoms with van der Waals surface area (Å²) in [5.74, 6) is 1.40. The van der Waals surface area contributed by atoms with Crippen LogP contribution in [0.4, 0.5) is 0 Å². The lowest BCUT2D eigenvalue weighted by Gasteiger charge is -2.07. The average Bonchev–Trinajstić information content (AvgIpc) is 3.39. The van der Waals surface area contributed by atoms with Gasteiger partial charge in [0.15, 0.2) is 0 Å². The molecule has 1 aromatic heterocycles. The quantitative estimate of drug-likeness (QED) is 0.0734. The third-order valence-corrected chi connectivity index (χ3v) is 8.76. The molecule has 0 aliphatic rings. The topological polar surface area (TPSA) is 8.81 Å². The number of unbranched alkanes of at least 4 members (excludes halogenated alkanes) is 23. The van der Waals surface area contributed by atoms with Crippen LogP contribution in [-0.2, 0) is 13.1 Å². The second kappa shape index (κ2) is 25.2. The Balaban J connectivity index is 1.58. The van der Waals surface area contributed by atoms with E-state index in [4.69, 9.17) is 0 Å². The first kappa shape index (κ1) is 34.6. The van der Waals surface area contributed by atoms with E-state index in [1.165, 1.54) is 172 Å². The van der Waals surface area contributed by atoms with Gasteiger partial charge in [0.1, 0.15) is 12.4 Å². The van der Waals surface area contributed by atoms with Gasteiger partial charge in [0.2, 0.25) is 0 Å². The van der Waals surface area contributed by atoms with Gasteiger partial charge in [0.05, 0.1) is 18.7 Å². The lowest BCUT2D eigenvalue weighted by molar-refractivity contribution is -0.686. The Labute approximate surface area is 250 Å². The van der Waals surface area contributed by atoms with Crippen molar-refractivity contribution in [2.24, 2.45) is 0 Å². The number of aryl methyl sites for hydroxylation is 2. The molecule has 0 N–H and O–H groups in total. The molecule has 0 aliphatic carbocycles. The van der Waals surface area contributed by atoms with Crippen molar-refractivity contribution in [1.29, 1.82) is 0 Å². The van der Waals surface area contributed by atoms with Crippen LogP contribution in [0.25, 0.3) is 11.4 Å². The standard InChI is InChI=1S/C38H67N2/c1-3-5-7-9-11-13-15-16-17-18-19-21-23-25-30-34-40-36-35-39(38(40)37-31-27-26-28-32-37)33-29-24-22-20-14-12-10-8-6-4-2/h26-28,31-32,35-36H,3-25,29-30,33-34H2,1-2H3/q+1. The number of hydrogen-bond acceptors (Lipinski definition) is 0. The third-order valence-electron chi connectivity index (χ3n) is 8.76. The summed E-state index contributed by atoms with van der Waals surface area (Å²) in [4.78, 5) is 0. The van der Waals surface area contributed by atoms with Gasteiger partial charge < -0.3 is 0 Å². The molecule has 228 valence electrons. The van der Waals surface area contributed by atoms with Crippen molar-refractivity contribution in [1.82, 2.24) is 4.57 Å². The normalized spacial score (nSPS) is 11.4. The van der Waals surface area contributed by atoms with Gasteiger partial charge in [-0.15, -0.1) is 0 Å². The first-order chi connectivity index (χ1) is 19.9. The smallest absolute Gasteiger partial charge is 0.230 e. The Kier molecular flexibility index (Phi) is 21.8. The molecule has 0 amide bonds. The van der Waals surface area contributed by atoms with Crippen LogP contribution in [0.2, 0.25) is 0 Å². The molecule has 2 rings (SSSR count). The molecule has 0 saturated carbocycles. The second-order valence-electron chi connectivity index (χ2n) is 12.5. The van der Waals surface area contributed by atoms with Gasteiger partial charge in [0.25, 0.3) is 5.82 Å². The first-order valence-electron chi connectivity index (χ1n) is 18.0. The molecule has 0 saturated heterocycles. The zero-order valence-electron chi connectivity index (χ0n) is 27.0. The van der Waals surface area contributed by atoms with Gasteiger partial charge >= 0.3 is 0 Å². The van der Waals surface area contributed by atoms with E-state index in [0.29, 0.717) is 0 Å². The molecule has 0 spiro atoms. The van der Waals surface area contributed by atoms with Gasteiger partial charge in [-0.25, -0.2) is 9.13 Å². The highest BCUT2D eigenvalue weighted by atomic mass is 15.1. The van der Waals surface area contributed by atoms with Gasteiger partial charge in [0, 0.05) is 0 Å². The maximum Gasteiger partial charge on any atom is 0.288 e. The molecular formula is C38H67N2+. The maximum absolute atomic E-state index is 2.52. The van der Waals surface area contributed by atoms with Crippen LogP contribution in [0.1, 0.15) is 174 Å². The predicted octanol–water partition coefficient (Wildman–Crippen LogP) is 12.2. The zero-order valence-corrected chi connectivity index (χ0v) is 27.0. The third kappa shape index (κ3) is 16.6. The summed E-state index contributed by atoms with van der Waals surface area (Å²) in [6, 6.07) is 11.1. The Hall–Kier alpha value is -1.57. The van der Waals surface area contributed by atoms with Crippen molar-refractivity contribution in [3.05, 3.63) is 42.7 Å². The van der Waals surface area contributed by atoms with Gasteiger partial charge in [-0.2, -0.15) is 0 Å². The maximum atomic E-state index is 2.52. The molecule has 0 unspecified atom stereocenters. The Morgan fingerprint density at radius 1 is 0.475 bits per heavy atom. The van der Waals surface area contributed by atoms with Crippen molar-refractivity contribution in [3.8, 4) is 11.4 Å². The monoisotopic (exact) mass is 552 g/mol. The molecule has 0 aliphatic heterocycles. The fraction of sp³-hybridized carbons (Fsp3) is 0.763. The van der Waals surface area contributed by atoms with Crippen LogP contribution in [0.5, 0.6) is 0 Å². The summed E-state index contributed by atoms with van der Waals surface area (Å²) in [5, 5.41) is 0. The minimum atomic E-state index is 1.15. The number of benzene rings is 1. The van der Waals surface area contributed by atoms with Crippen molar-refractivity contribution in [2.45, 2.75) is 187 Å². The Morgan fingerprint density at radius 3 is 1.32 bits per heavy atom. The molecule has 0 radical (unpaired) electrons. The molecule has 40 heavy (non-hydrogen) atoms. The zero-order chi connectivity index (χ0) is 28.4. The van der Waals surface area contributed by atoms with Crippen molar-refractivity contribution in [2.75, 3.05) is 0 Å². The average molecular weight is 552 g/mol. The van der Waals surface area contributed by atoms with Crippen LogP contribution in [-0.4, -0.2) is 4.57 Å². The van der Waals surface area contributed by atoms with Crippen LogP contribution in [0.15, 0.2) is 42.7 Å². The summed E-state index contributed by atoms with van der Waals surface area (Å²) in [7, 11) is 0. The predicted molar refractivity (Wildman–Crippen MR) is 177 cm³/mol. The van der Waals surface area contributed by atoms with E-state index in [0.717, 1.165) is 13.1 Å². The number of hydrogen-bond donors (Lipinski definition) is 0. The van der Waals surface area contributed by atoms with E-state index in [1.54, 1.807) is 0 Å². The van der Waals surface area contributed by atoms with Gasteiger partial charge in [-0.3, -0.25) is 0 Å². The van der Waals surface area contributed by atoms with Crippen molar-refractivity contribution >= 4 is 0 Å². The molecule has 0 fully saturated rings. The Bertz CT molecular complexity index is 793. The van der Waals surface area contributed by atoms with E-state index in [9.17, 15) is 0 Å². The highest BCUT2D eigenvalue weighted by Gasteiger charge is 2.18. The highest BCUT2D eigenvalue weighted by Crippen LogP contribution is 2.18. The minimum absolute atomic E-state index is 1.15.